The van der Waals surface area contributed by atoms with Gasteiger partial charge in [0.15, 0.2) is 12.5 Å². The number of rotatable bonds is 10. The molecule has 29 heteroatoms. The maximum absolute atomic E-state index is 14.2. The van der Waals surface area contributed by atoms with Crippen LogP contribution in [0.15, 0.2) is 43.7 Å². The molecule has 268 valence electrons. The van der Waals surface area contributed by atoms with E-state index in [2.05, 4.69) is 26.7 Å². The van der Waals surface area contributed by atoms with Gasteiger partial charge < -0.3 is 34.8 Å². The summed E-state index contributed by atoms with van der Waals surface area (Å²) in [6, 6.07) is 1.73. The summed E-state index contributed by atoms with van der Waals surface area (Å²) in [5, 5.41) is 41.0. The van der Waals surface area contributed by atoms with Gasteiger partial charge in [-0.05, 0) is 0 Å². The van der Waals surface area contributed by atoms with Crippen LogP contribution < -0.4 is 22.5 Å². The number of hydrogen-bond acceptors (Lipinski definition) is 19. The van der Waals surface area contributed by atoms with Gasteiger partial charge in [-0.25, -0.2) is 23.3 Å². The predicted octanol–water partition coefficient (Wildman–Crippen LogP) is -2.69. The maximum atomic E-state index is 14.2. The van der Waals surface area contributed by atoms with Gasteiger partial charge in [0.1, 0.15) is 36.6 Å². The van der Waals surface area contributed by atoms with E-state index in [1.54, 1.807) is 0 Å². The molecule has 5 rings (SSSR count). The van der Waals surface area contributed by atoms with E-state index in [1.165, 1.54) is 0 Å². The van der Waals surface area contributed by atoms with E-state index in [4.69, 9.17) is 9.47 Å². The van der Waals surface area contributed by atoms with Gasteiger partial charge in [-0.2, -0.15) is 17.7 Å². The second-order valence-corrected chi connectivity index (χ2v) is 14.8. The molecule has 0 amide bonds. The Morgan fingerprint density at radius 1 is 0.812 bits per heavy atom. The summed E-state index contributed by atoms with van der Waals surface area (Å²) in [5.74, 6) is 0. The molecule has 3 fully saturated rings. The van der Waals surface area contributed by atoms with Crippen molar-refractivity contribution in [2.45, 2.75) is 55.4 Å². The molecular weight excluding hydrogens is 735 g/mol. The van der Waals surface area contributed by atoms with Gasteiger partial charge in [-0.15, -0.1) is 8.78 Å². The van der Waals surface area contributed by atoms with E-state index in [1.807, 2.05) is 9.97 Å². The first-order chi connectivity index (χ1) is 22.2. The third-order valence-corrected chi connectivity index (χ3v) is 11.6. The average molecular weight is 758 g/mol. The zero-order valence-electron chi connectivity index (χ0n) is 23.2. The van der Waals surface area contributed by atoms with E-state index in [-0.39, 0.29) is 0 Å². The number of alkyl halides is 2. The lowest BCUT2D eigenvalue weighted by Gasteiger charge is -2.32. The van der Waals surface area contributed by atoms with Gasteiger partial charge in [0, 0.05) is 24.5 Å². The topological polar surface area (TPSA) is 336 Å². The molecule has 3 aliphatic rings. The lowest BCUT2D eigenvalue weighted by atomic mass is 10.1. The highest BCUT2D eigenvalue weighted by Crippen LogP contribution is 2.77. The zero-order valence-corrected chi connectivity index (χ0v) is 25.9. The fourth-order valence-electron chi connectivity index (χ4n) is 4.45. The molecule has 48 heavy (non-hydrogen) atoms. The number of aromatic amines is 2. The Morgan fingerprint density at radius 2 is 1.27 bits per heavy atom. The van der Waals surface area contributed by atoms with E-state index in [0.717, 1.165) is 24.5 Å². The van der Waals surface area contributed by atoms with Gasteiger partial charge in [0.2, 0.25) is 0 Å². The van der Waals surface area contributed by atoms with Gasteiger partial charge in [0.25, 0.3) is 11.1 Å². The van der Waals surface area contributed by atoms with Crippen LogP contribution >= 0.6 is 23.5 Å². The number of phosphoric ester groups is 2. The van der Waals surface area contributed by atoms with E-state index >= 15 is 0 Å². The van der Waals surface area contributed by atoms with Crippen LogP contribution in [0.2, 0.25) is 0 Å². The van der Waals surface area contributed by atoms with Crippen LogP contribution in [0.5, 0.6) is 0 Å². The van der Waals surface area contributed by atoms with Gasteiger partial charge >= 0.3 is 41.1 Å². The predicted molar refractivity (Wildman–Crippen MR) is 141 cm³/mol. The van der Waals surface area contributed by atoms with Crippen molar-refractivity contribution in [3.05, 3.63) is 66.2 Å². The normalized spacial score (nSPS) is 37.7. The van der Waals surface area contributed by atoms with Crippen molar-refractivity contribution in [3.8, 4) is 0 Å². The Morgan fingerprint density at radius 3 is 1.75 bits per heavy atom. The summed E-state index contributed by atoms with van der Waals surface area (Å²) >= 11 is 0. The molecule has 0 saturated carbocycles. The van der Waals surface area contributed by atoms with Crippen molar-refractivity contribution in [1.29, 1.82) is 0 Å². The number of aliphatic hydroxyl groups excluding tert-OH is 4. The zero-order chi connectivity index (χ0) is 35.4. The summed E-state index contributed by atoms with van der Waals surface area (Å²) in [4.78, 5) is 60.3. The van der Waals surface area contributed by atoms with Crippen molar-refractivity contribution >= 4 is 23.5 Å². The number of aromatic nitrogens is 4. The van der Waals surface area contributed by atoms with Crippen LogP contribution in [0.25, 0.3) is 0 Å². The highest BCUT2D eigenvalue weighted by molar-refractivity contribution is 7.68. The quantitative estimate of drug-likeness (QED) is 0.121. The molecule has 2 aromatic rings. The molecule has 3 aliphatic heterocycles. The van der Waals surface area contributed by atoms with Crippen LogP contribution in [0.1, 0.15) is 12.5 Å². The number of nitrogens with one attached hydrogen (secondary N) is 2. The summed E-state index contributed by atoms with van der Waals surface area (Å²) in [6.45, 7) is -2.48. The SMILES string of the molecule is O=c1ccn([C@@H]2O[C@H](COP(=O)(O)OP3(=O)OC(F)(F)OP(=O)(OC[C@H]4O[C@@H](n5ccc(=O)[nH]c5=O)[C@H](O)[C@@H]4O)O3)[C@@H](O)[C@H]2O)c(=O)[nH]1. The first kappa shape index (κ1) is 36.7. The number of nitrogens with zero attached hydrogens (tertiary/aromatic N) is 2. The number of halogens is 2. The fraction of sp³-hybridized carbons (Fsp3) is 0.579. The standard InChI is InChI=1S/C19H23F2N4O20P3/c20-19(21)42-47(36,39-6-8-12(29)14(31)16(41-8)25-4-2-10(27)23-18(25)33)45-48(37,43-19)44-46(34,35)38-5-7-11(28)13(30)15(40-7)24-3-1-9(26)22-17(24)32/h1-4,7-8,11-16,28-31H,5-6H2,(H,34,35)(H,22,26,32)(H,23,27,33)/t7-,8-,11-,12-,13-,14-,15-,16-,47?,48?/m1/s1. The summed E-state index contributed by atoms with van der Waals surface area (Å²) < 4.78 is 103. The lowest BCUT2D eigenvalue weighted by molar-refractivity contribution is -0.330. The molecule has 0 aromatic carbocycles. The molecule has 0 radical (unpaired) electrons. The van der Waals surface area contributed by atoms with Crippen molar-refractivity contribution in [2.75, 3.05) is 13.2 Å². The summed E-state index contributed by atoms with van der Waals surface area (Å²) in [6.07, 6.45) is -18.0. The number of ether oxygens (including phenoxy) is 2. The average Bonchev–Trinajstić information content (AvgIpc) is 3.38. The van der Waals surface area contributed by atoms with Crippen LogP contribution in [-0.4, -0.2) is 101 Å². The smallest absolute Gasteiger partial charge is 0.387 e. The van der Waals surface area contributed by atoms with Crippen molar-refractivity contribution in [1.82, 2.24) is 19.1 Å². The monoisotopic (exact) mass is 758 g/mol. The molecule has 7 N–H and O–H groups in total. The highest BCUT2D eigenvalue weighted by atomic mass is 31.3. The molecule has 0 spiro atoms. The third kappa shape index (κ3) is 7.89. The largest absolute Gasteiger partial charge is 0.503 e. The highest BCUT2D eigenvalue weighted by Gasteiger charge is 2.62. The van der Waals surface area contributed by atoms with E-state index in [0.29, 0.717) is 9.13 Å². The number of H-pyrrole nitrogens is 2. The van der Waals surface area contributed by atoms with Crippen LogP contribution in [0.4, 0.5) is 8.78 Å². The van der Waals surface area contributed by atoms with Crippen LogP contribution in [0.3, 0.4) is 0 Å². The Balaban J connectivity index is 1.23. The molecule has 0 aliphatic carbocycles. The molecular formula is C19H23F2N4O20P3. The van der Waals surface area contributed by atoms with E-state index < -0.39 is 115 Å². The Hall–Kier alpha value is -2.61. The van der Waals surface area contributed by atoms with Crippen LogP contribution in [0, 0.1) is 0 Å². The molecule has 3 saturated heterocycles. The Kier molecular flexibility index (Phi) is 10.1. The Labute approximate surface area is 261 Å². The van der Waals surface area contributed by atoms with Gasteiger partial charge in [0.05, 0.1) is 13.2 Å². The molecule has 5 heterocycles. The molecule has 24 nitrogen and oxygen atoms in total. The maximum Gasteiger partial charge on any atom is 0.503 e. The minimum atomic E-state index is -6.16. The van der Waals surface area contributed by atoms with E-state index in [9.17, 15) is 67.0 Å². The van der Waals surface area contributed by atoms with Crippen molar-refractivity contribution in [2.24, 2.45) is 0 Å². The second kappa shape index (κ2) is 13.3. The first-order valence-corrected chi connectivity index (χ1v) is 17.3. The molecule has 11 atom stereocenters. The number of hydrogen-bond donors (Lipinski definition) is 7. The summed E-state index contributed by atoms with van der Waals surface area (Å²) in [7, 11) is -17.9. The van der Waals surface area contributed by atoms with Crippen molar-refractivity contribution < 1.29 is 84.0 Å². The van der Waals surface area contributed by atoms with Crippen molar-refractivity contribution in [3.63, 3.8) is 0 Å². The summed E-state index contributed by atoms with van der Waals surface area (Å²) in [5.41, 5.74) is -3.80. The van der Waals surface area contributed by atoms with Gasteiger partial charge in [-0.1, -0.05) is 0 Å². The molecule has 0 bridgehead atoms. The minimum Gasteiger partial charge on any atom is -0.387 e. The Bertz CT molecular complexity index is 1910. The fourth-order valence-corrected chi connectivity index (χ4v) is 8.97. The van der Waals surface area contributed by atoms with Crippen LogP contribution in [-0.2, 0) is 49.9 Å². The van der Waals surface area contributed by atoms with Gasteiger partial charge in [-0.3, -0.25) is 37.7 Å². The first-order valence-electron chi connectivity index (χ1n) is 12.9. The number of phosphoric acid groups is 3. The number of aliphatic hydroxyl groups is 4. The molecule has 3 unspecified atom stereocenters. The minimum absolute atomic E-state index is 0.633. The second-order valence-electron chi connectivity index (χ2n) is 9.89. The lowest BCUT2D eigenvalue weighted by Crippen LogP contribution is -2.37. The molecule has 2 aromatic heterocycles. The third-order valence-electron chi connectivity index (χ3n) is 6.56.